The van der Waals surface area contributed by atoms with Crippen molar-refractivity contribution in [1.82, 2.24) is 14.7 Å². The third kappa shape index (κ3) is 2.94. The number of nitrogens with zero attached hydrogens (tertiary/aromatic N) is 2. The molecule has 1 aromatic rings. The van der Waals surface area contributed by atoms with Crippen LogP contribution in [0.4, 0.5) is 0 Å². The van der Waals surface area contributed by atoms with E-state index in [0.29, 0.717) is 0 Å². The fourth-order valence-electron chi connectivity index (χ4n) is 2.08. The zero-order chi connectivity index (χ0) is 12.5. The molecule has 1 N–H and O–H groups in total. The zero-order valence-corrected chi connectivity index (χ0v) is 11.1. The Balaban J connectivity index is 2.22. The molecule has 0 aromatic carbocycles. The van der Waals surface area contributed by atoms with Crippen molar-refractivity contribution in [2.45, 2.75) is 43.0 Å². The van der Waals surface area contributed by atoms with Gasteiger partial charge in [0.2, 0.25) is 15.3 Å². The summed E-state index contributed by atoms with van der Waals surface area (Å²) in [6.45, 7) is 1.92. The fraction of sp³-hybridized carbons (Fsp3) is 0.600. The highest BCUT2D eigenvalue weighted by atomic mass is 35.5. The number of sulfonamides is 1. The molecule has 1 heterocycles. The van der Waals surface area contributed by atoms with Crippen molar-refractivity contribution in [1.29, 1.82) is 0 Å². The first-order chi connectivity index (χ1) is 7.91. The normalized spacial score (nSPS) is 19.4. The first-order valence-corrected chi connectivity index (χ1v) is 7.29. The highest BCUT2D eigenvalue weighted by Gasteiger charge is 2.33. The third-order valence-electron chi connectivity index (χ3n) is 2.99. The number of nitrogens with one attached hydrogen (secondary N) is 1. The summed E-state index contributed by atoms with van der Waals surface area (Å²) in [6, 6.07) is 0. The summed E-state index contributed by atoms with van der Waals surface area (Å²) < 4.78 is 26.9. The Labute approximate surface area is 106 Å². The first kappa shape index (κ1) is 12.7. The molecule has 0 amide bonds. The molecule has 0 bridgehead atoms. The van der Waals surface area contributed by atoms with Crippen LogP contribution in [0.3, 0.4) is 0 Å². The number of hydrogen-bond acceptors (Lipinski definition) is 4. The van der Waals surface area contributed by atoms with Gasteiger partial charge in [0, 0.05) is 5.54 Å². The summed E-state index contributed by atoms with van der Waals surface area (Å²) in [6.07, 6.45) is 6.26. The molecule has 0 spiro atoms. The van der Waals surface area contributed by atoms with Crippen LogP contribution in [-0.2, 0) is 10.0 Å². The van der Waals surface area contributed by atoms with Crippen LogP contribution in [-0.4, -0.2) is 23.9 Å². The summed E-state index contributed by atoms with van der Waals surface area (Å²) in [7, 11) is -3.55. The van der Waals surface area contributed by atoms with Crippen molar-refractivity contribution in [3.63, 3.8) is 0 Å². The molecule has 1 aliphatic rings. The standard InChI is InChI=1S/C10H14ClN3O2S/c1-10(4-2-3-5-10)14-17(15,16)8-6-12-9(11)13-7-8/h6-7,14H,2-5H2,1H3. The van der Waals surface area contributed by atoms with Gasteiger partial charge in [0.1, 0.15) is 4.90 Å². The SMILES string of the molecule is CC1(NS(=O)(=O)c2cnc(Cl)nc2)CCCC1. The van der Waals surface area contributed by atoms with Gasteiger partial charge in [0.05, 0.1) is 12.4 Å². The molecule has 1 aromatic heterocycles. The van der Waals surface area contributed by atoms with Gasteiger partial charge in [-0.2, -0.15) is 0 Å². The lowest BCUT2D eigenvalue weighted by molar-refractivity contribution is 0.427. The molecule has 0 atom stereocenters. The molecule has 1 saturated carbocycles. The summed E-state index contributed by atoms with van der Waals surface area (Å²) >= 11 is 5.52. The molecule has 0 aliphatic heterocycles. The van der Waals surface area contributed by atoms with E-state index in [1.165, 1.54) is 12.4 Å². The molecule has 94 valence electrons. The minimum absolute atomic E-state index is 0.0380. The van der Waals surface area contributed by atoms with Crippen molar-refractivity contribution in [2.24, 2.45) is 0 Å². The lowest BCUT2D eigenvalue weighted by Crippen LogP contribution is -2.43. The lowest BCUT2D eigenvalue weighted by Gasteiger charge is -2.24. The monoisotopic (exact) mass is 275 g/mol. The largest absolute Gasteiger partial charge is 0.244 e. The minimum atomic E-state index is -3.55. The van der Waals surface area contributed by atoms with E-state index in [9.17, 15) is 8.42 Å². The Morgan fingerprint density at radius 3 is 2.35 bits per heavy atom. The van der Waals surface area contributed by atoms with Crippen molar-refractivity contribution in [3.8, 4) is 0 Å². The van der Waals surface area contributed by atoms with Gasteiger partial charge in [-0.25, -0.2) is 23.1 Å². The second-order valence-electron chi connectivity index (χ2n) is 4.56. The molecule has 17 heavy (non-hydrogen) atoms. The van der Waals surface area contributed by atoms with E-state index in [4.69, 9.17) is 11.6 Å². The molecule has 1 fully saturated rings. The van der Waals surface area contributed by atoms with Gasteiger partial charge in [0.25, 0.3) is 0 Å². The van der Waals surface area contributed by atoms with Crippen molar-refractivity contribution >= 4 is 21.6 Å². The number of hydrogen-bond donors (Lipinski definition) is 1. The van der Waals surface area contributed by atoms with Crippen LogP contribution < -0.4 is 4.72 Å². The average molecular weight is 276 g/mol. The van der Waals surface area contributed by atoms with E-state index >= 15 is 0 Å². The van der Waals surface area contributed by atoms with Gasteiger partial charge in [-0.05, 0) is 31.4 Å². The van der Waals surface area contributed by atoms with E-state index in [2.05, 4.69) is 14.7 Å². The number of halogens is 1. The Morgan fingerprint density at radius 1 is 1.29 bits per heavy atom. The maximum atomic E-state index is 12.1. The maximum Gasteiger partial charge on any atom is 0.244 e. The lowest BCUT2D eigenvalue weighted by atomic mass is 10.0. The van der Waals surface area contributed by atoms with Crippen LogP contribution >= 0.6 is 11.6 Å². The summed E-state index contributed by atoms with van der Waals surface area (Å²) in [5.41, 5.74) is -0.349. The van der Waals surface area contributed by atoms with Gasteiger partial charge in [0.15, 0.2) is 0 Å². The van der Waals surface area contributed by atoms with E-state index in [-0.39, 0.29) is 15.7 Å². The molecule has 0 unspecified atom stereocenters. The predicted molar refractivity (Wildman–Crippen MR) is 64.2 cm³/mol. The van der Waals surface area contributed by atoms with Gasteiger partial charge in [-0.3, -0.25) is 0 Å². The molecule has 0 saturated heterocycles. The van der Waals surface area contributed by atoms with E-state index in [1.807, 2.05) is 6.92 Å². The Morgan fingerprint density at radius 2 is 1.82 bits per heavy atom. The molecule has 7 heteroatoms. The quantitative estimate of drug-likeness (QED) is 0.853. The predicted octanol–water partition coefficient (Wildman–Crippen LogP) is 1.74. The topological polar surface area (TPSA) is 72.0 Å². The smallest absolute Gasteiger partial charge is 0.225 e. The Hall–Kier alpha value is -0.720. The Bertz CT molecular complexity index is 495. The fourth-order valence-corrected chi connectivity index (χ4v) is 3.53. The van der Waals surface area contributed by atoms with Crippen LogP contribution in [0.2, 0.25) is 5.28 Å². The van der Waals surface area contributed by atoms with Gasteiger partial charge in [-0.15, -0.1) is 0 Å². The molecular formula is C10H14ClN3O2S. The van der Waals surface area contributed by atoms with E-state index in [0.717, 1.165) is 25.7 Å². The first-order valence-electron chi connectivity index (χ1n) is 5.43. The highest BCUT2D eigenvalue weighted by Crippen LogP contribution is 2.30. The second-order valence-corrected chi connectivity index (χ2v) is 6.58. The van der Waals surface area contributed by atoms with Crippen molar-refractivity contribution in [3.05, 3.63) is 17.7 Å². The van der Waals surface area contributed by atoms with Crippen LogP contribution in [0.5, 0.6) is 0 Å². The van der Waals surface area contributed by atoms with E-state index in [1.54, 1.807) is 0 Å². The van der Waals surface area contributed by atoms with Gasteiger partial charge in [-0.1, -0.05) is 12.8 Å². The summed E-state index contributed by atoms with van der Waals surface area (Å²) in [4.78, 5) is 7.41. The summed E-state index contributed by atoms with van der Waals surface area (Å²) in [5, 5.41) is 0.0380. The van der Waals surface area contributed by atoms with Crippen LogP contribution in [0.25, 0.3) is 0 Å². The number of rotatable bonds is 3. The molecule has 5 nitrogen and oxygen atoms in total. The molecule has 1 aliphatic carbocycles. The Kier molecular flexibility index (Phi) is 3.38. The third-order valence-corrected chi connectivity index (χ3v) is 4.78. The zero-order valence-electron chi connectivity index (χ0n) is 9.48. The van der Waals surface area contributed by atoms with Crippen LogP contribution in [0.15, 0.2) is 17.3 Å². The van der Waals surface area contributed by atoms with E-state index < -0.39 is 10.0 Å². The second kappa shape index (κ2) is 4.51. The number of aromatic nitrogens is 2. The maximum absolute atomic E-state index is 12.1. The van der Waals surface area contributed by atoms with Crippen molar-refractivity contribution in [2.75, 3.05) is 0 Å². The molecule has 0 radical (unpaired) electrons. The van der Waals surface area contributed by atoms with Crippen LogP contribution in [0, 0.1) is 0 Å². The van der Waals surface area contributed by atoms with Crippen molar-refractivity contribution < 1.29 is 8.42 Å². The summed E-state index contributed by atoms with van der Waals surface area (Å²) in [5.74, 6) is 0. The van der Waals surface area contributed by atoms with Gasteiger partial charge >= 0.3 is 0 Å². The molecular weight excluding hydrogens is 262 g/mol. The highest BCUT2D eigenvalue weighted by molar-refractivity contribution is 7.89. The molecule has 2 rings (SSSR count). The van der Waals surface area contributed by atoms with Crippen LogP contribution in [0.1, 0.15) is 32.6 Å². The average Bonchev–Trinajstić information content (AvgIpc) is 2.64. The minimum Gasteiger partial charge on any atom is -0.225 e. The van der Waals surface area contributed by atoms with Gasteiger partial charge < -0.3 is 0 Å².